The van der Waals surface area contributed by atoms with Gasteiger partial charge in [-0.15, -0.1) is 0 Å². The summed E-state index contributed by atoms with van der Waals surface area (Å²) in [6, 6.07) is -0.282. The van der Waals surface area contributed by atoms with Gasteiger partial charge in [-0.25, -0.2) is 4.79 Å². The number of hydrogen-bond donors (Lipinski definition) is 4. The van der Waals surface area contributed by atoms with Crippen LogP contribution >= 0.6 is 0 Å². The number of carbonyl (C=O) groups is 1. The quantitative estimate of drug-likeness (QED) is 0.290. The Hall–Kier alpha value is -2.23. The van der Waals surface area contributed by atoms with Crippen molar-refractivity contribution in [2.75, 3.05) is 27.3 Å². The summed E-state index contributed by atoms with van der Waals surface area (Å²) in [5.41, 5.74) is 6.46. The number of benzene rings is 1. The summed E-state index contributed by atoms with van der Waals surface area (Å²) in [6.45, 7) is 9.56. The van der Waals surface area contributed by atoms with Gasteiger partial charge in [0.1, 0.15) is 6.10 Å². The highest BCUT2D eigenvalue weighted by atomic mass is 16.6. The highest BCUT2D eigenvalue weighted by molar-refractivity contribution is 5.73. The van der Waals surface area contributed by atoms with Gasteiger partial charge in [0.15, 0.2) is 11.5 Å². The van der Waals surface area contributed by atoms with Crippen LogP contribution in [0.5, 0.6) is 23.0 Å². The lowest BCUT2D eigenvalue weighted by molar-refractivity contribution is -0.167. The minimum atomic E-state index is -1.69. The first-order valence-corrected chi connectivity index (χ1v) is 11.3. The van der Waals surface area contributed by atoms with Crippen LogP contribution < -0.4 is 15.2 Å². The van der Waals surface area contributed by atoms with E-state index in [-0.39, 0.29) is 35.0 Å². The standard InChI is InChI=1S/C21H32N2O7.C2H6/c1-10(2)7-11-9-23-6-5-12-15(13(23)8-14(11)30-21(27)20(22)26)17(25)19(29-4)18(28-3)16(12)24;1-2/h10-11,13-14,20,24-26H,5-9,22H2,1-4H3;1-2H3. The summed E-state index contributed by atoms with van der Waals surface area (Å²) in [6.07, 6.45) is -0.363. The zero-order valence-electron chi connectivity index (χ0n) is 19.9. The summed E-state index contributed by atoms with van der Waals surface area (Å²) in [7, 11) is 2.81. The van der Waals surface area contributed by atoms with Crippen molar-refractivity contribution in [2.45, 2.75) is 65.3 Å². The van der Waals surface area contributed by atoms with Crippen LogP contribution in [-0.2, 0) is 16.0 Å². The number of carbonyl (C=O) groups excluding carboxylic acids is 1. The third-order valence-electron chi connectivity index (χ3n) is 6.07. The van der Waals surface area contributed by atoms with Crippen molar-refractivity contribution in [1.29, 1.82) is 0 Å². The van der Waals surface area contributed by atoms with E-state index in [1.165, 1.54) is 14.2 Å². The first-order chi connectivity index (χ1) is 15.2. The van der Waals surface area contributed by atoms with E-state index < -0.39 is 18.3 Å². The summed E-state index contributed by atoms with van der Waals surface area (Å²) in [5.74, 6) is -0.343. The molecule has 0 radical (unpaired) electrons. The summed E-state index contributed by atoms with van der Waals surface area (Å²) >= 11 is 0. The number of aliphatic hydroxyl groups is 1. The van der Waals surface area contributed by atoms with E-state index in [0.717, 1.165) is 6.42 Å². The number of methoxy groups -OCH3 is 2. The number of nitrogens with two attached hydrogens (primary N) is 1. The molecular weight excluding hydrogens is 416 g/mol. The summed E-state index contributed by atoms with van der Waals surface area (Å²) in [5, 5.41) is 31.1. The van der Waals surface area contributed by atoms with Crippen molar-refractivity contribution < 1.29 is 34.3 Å². The molecule has 182 valence electrons. The number of fused-ring (bicyclic) bond motifs is 3. The molecule has 3 rings (SSSR count). The van der Waals surface area contributed by atoms with Gasteiger partial charge in [0, 0.05) is 42.6 Å². The van der Waals surface area contributed by atoms with E-state index in [1.807, 2.05) is 13.8 Å². The lowest BCUT2D eigenvalue weighted by atomic mass is 9.78. The molecule has 0 saturated carbocycles. The Balaban J connectivity index is 0.00000176. The van der Waals surface area contributed by atoms with Gasteiger partial charge >= 0.3 is 5.97 Å². The molecule has 0 spiro atoms. The van der Waals surface area contributed by atoms with Gasteiger partial charge in [0.25, 0.3) is 0 Å². The van der Waals surface area contributed by atoms with Gasteiger partial charge in [-0.1, -0.05) is 27.7 Å². The smallest absolute Gasteiger partial charge is 0.350 e. The Morgan fingerprint density at radius 3 is 2.28 bits per heavy atom. The van der Waals surface area contributed by atoms with Crippen molar-refractivity contribution in [3.8, 4) is 23.0 Å². The maximum absolute atomic E-state index is 12.0. The summed E-state index contributed by atoms with van der Waals surface area (Å²) < 4.78 is 16.1. The highest BCUT2D eigenvalue weighted by Gasteiger charge is 2.44. The SMILES string of the molecule is CC.COc1c(O)c2c(c(O)c1OC)C1CC(OC(=O)C(N)O)C(CC(C)C)CN1CC2. The number of piperidine rings is 1. The molecule has 2 heterocycles. The first kappa shape index (κ1) is 26.0. The molecule has 1 aromatic carbocycles. The molecule has 9 heteroatoms. The molecule has 1 saturated heterocycles. The van der Waals surface area contributed by atoms with Crippen LogP contribution in [0.2, 0.25) is 0 Å². The molecule has 0 aromatic heterocycles. The molecule has 0 aliphatic carbocycles. The molecule has 2 aliphatic rings. The predicted octanol–water partition coefficient (Wildman–Crippen LogP) is 2.30. The number of nitrogens with zero attached hydrogens (tertiary/aromatic N) is 1. The Kier molecular flexibility index (Phi) is 9.00. The van der Waals surface area contributed by atoms with Crippen LogP contribution in [0.15, 0.2) is 0 Å². The predicted molar refractivity (Wildman–Crippen MR) is 120 cm³/mol. The van der Waals surface area contributed by atoms with Crippen LogP contribution in [0.25, 0.3) is 0 Å². The van der Waals surface area contributed by atoms with E-state index in [1.54, 1.807) is 0 Å². The molecule has 0 amide bonds. The maximum Gasteiger partial charge on any atom is 0.350 e. The maximum atomic E-state index is 12.0. The summed E-state index contributed by atoms with van der Waals surface area (Å²) in [4.78, 5) is 14.3. The van der Waals surface area contributed by atoms with Gasteiger partial charge in [0.2, 0.25) is 17.7 Å². The van der Waals surface area contributed by atoms with E-state index in [0.29, 0.717) is 43.0 Å². The Morgan fingerprint density at radius 1 is 1.16 bits per heavy atom. The average Bonchev–Trinajstić information content (AvgIpc) is 2.76. The number of esters is 1. The zero-order chi connectivity index (χ0) is 24.2. The number of hydrogen-bond acceptors (Lipinski definition) is 9. The normalized spacial score (nSPS) is 23.3. The fraction of sp³-hybridized carbons (Fsp3) is 0.696. The number of ether oxygens (including phenoxy) is 3. The first-order valence-electron chi connectivity index (χ1n) is 11.3. The van der Waals surface area contributed by atoms with Crippen LogP contribution in [-0.4, -0.2) is 65.8 Å². The van der Waals surface area contributed by atoms with Crippen LogP contribution in [0.3, 0.4) is 0 Å². The van der Waals surface area contributed by atoms with Gasteiger partial charge in [-0.05, 0) is 18.8 Å². The minimum Gasteiger partial charge on any atom is -0.504 e. The second kappa shape index (κ2) is 11.1. The molecule has 32 heavy (non-hydrogen) atoms. The molecule has 2 aliphatic heterocycles. The molecule has 1 fully saturated rings. The van der Waals surface area contributed by atoms with Gasteiger partial charge in [0.05, 0.1) is 14.2 Å². The van der Waals surface area contributed by atoms with Crippen LogP contribution in [0.1, 0.15) is 57.7 Å². The Bertz CT molecular complexity index is 797. The van der Waals surface area contributed by atoms with Crippen molar-refractivity contribution >= 4 is 5.97 Å². The number of rotatable bonds is 6. The van der Waals surface area contributed by atoms with E-state index in [2.05, 4.69) is 18.7 Å². The Labute approximate surface area is 190 Å². The number of aromatic hydroxyl groups is 2. The molecule has 4 atom stereocenters. The van der Waals surface area contributed by atoms with Gasteiger partial charge in [-0.2, -0.15) is 0 Å². The number of phenols is 2. The molecule has 0 bridgehead atoms. The lowest BCUT2D eigenvalue weighted by Crippen LogP contribution is -2.50. The van der Waals surface area contributed by atoms with Crippen molar-refractivity contribution in [3.05, 3.63) is 11.1 Å². The van der Waals surface area contributed by atoms with E-state index in [4.69, 9.17) is 19.9 Å². The average molecular weight is 455 g/mol. The van der Waals surface area contributed by atoms with Crippen LogP contribution in [0.4, 0.5) is 0 Å². The number of phenolic OH excluding ortho intramolecular Hbond substituents is 2. The fourth-order valence-corrected chi connectivity index (χ4v) is 4.84. The minimum absolute atomic E-state index is 0.0444. The zero-order valence-corrected chi connectivity index (χ0v) is 19.9. The third kappa shape index (κ3) is 5.05. The van der Waals surface area contributed by atoms with E-state index >= 15 is 0 Å². The van der Waals surface area contributed by atoms with Gasteiger partial charge in [-0.3, -0.25) is 10.6 Å². The molecular formula is C23H38N2O7. The topological polar surface area (TPSA) is 135 Å². The van der Waals surface area contributed by atoms with Crippen LogP contribution in [0, 0.1) is 11.8 Å². The van der Waals surface area contributed by atoms with Crippen molar-refractivity contribution in [1.82, 2.24) is 4.90 Å². The third-order valence-corrected chi connectivity index (χ3v) is 6.07. The lowest BCUT2D eigenvalue weighted by Gasteiger charge is -2.47. The fourth-order valence-electron chi connectivity index (χ4n) is 4.84. The molecule has 4 unspecified atom stereocenters. The second-order valence-corrected chi connectivity index (χ2v) is 8.46. The number of aliphatic hydroxyl groups excluding tert-OH is 1. The Morgan fingerprint density at radius 2 is 1.75 bits per heavy atom. The molecule has 5 N–H and O–H groups in total. The van der Waals surface area contributed by atoms with Gasteiger partial charge < -0.3 is 29.5 Å². The monoisotopic (exact) mass is 454 g/mol. The largest absolute Gasteiger partial charge is 0.504 e. The van der Waals surface area contributed by atoms with E-state index in [9.17, 15) is 20.1 Å². The highest BCUT2D eigenvalue weighted by Crippen LogP contribution is 2.54. The molecule has 1 aromatic rings. The molecule has 9 nitrogen and oxygen atoms in total. The van der Waals surface area contributed by atoms with Crippen molar-refractivity contribution in [2.24, 2.45) is 17.6 Å². The van der Waals surface area contributed by atoms with Crippen molar-refractivity contribution in [3.63, 3.8) is 0 Å². The second-order valence-electron chi connectivity index (χ2n) is 8.46.